The molecule has 0 amide bonds. The van der Waals surface area contributed by atoms with E-state index in [-0.39, 0.29) is 0 Å². The first kappa shape index (κ1) is 12.7. The average Bonchev–Trinajstić information content (AvgIpc) is 2.93. The maximum absolute atomic E-state index is 6.34. The molecule has 0 saturated carbocycles. The van der Waals surface area contributed by atoms with E-state index in [1.165, 1.54) is 0 Å². The maximum Gasteiger partial charge on any atom is 0.181 e. The normalized spacial score (nSPS) is 11.3. The lowest BCUT2D eigenvalue weighted by Crippen LogP contribution is -1.93. The van der Waals surface area contributed by atoms with Crippen molar-refractivity contribution in [3.05, 3.63) is 51.9 Å². The third-order valence-corrected chi connectivity index (χ3v) is 4.45. The summed E-state index contributed by atoms with van der Waals surface area (Å²) in [5.74, 6) is 0.577. The predicted octanol–water partition coefficient (Wildman–Crippen LogP) is 4.87. The fourth-order valence-corrected chi connectivity index (χ4v) is 3.23. The standard InChI is InChI=1S/C16H10ClN3S/c1-9-18-13(8-21-9)16-19-14-11-5-3-2-4-10(11)6-7-12(14)15(17)20-16/h2-8H,1H3. The van der Waals surface area contributed by atoms with Crippen LogP contribution in [0.15, 0.2) is 41.8 Å². The van der Waals surface area contributed by atoms with Crippen molar-refractivity contribution in [1.82, 2.24) is 15.0 Å². The van der Waals surface area contributed by atoms with Gasteiger partial charge in [-0.3, -0.25) is 0 Å². The molecule has 4 aromatic rings. The Balaban J connectivity index is 2.09. The second-order valence-electron chi connectivity index (χ2n) is 4.77. The summed E-state index contributed by atoms with van der Waals surface area (Å²) in [7, 11) is 0. The minimum Gasteiger partial charge on any atom is -0.238 e. The van der Waals surface area contributed by atoms with E-state index in [0.717, 1.165) is 32.4 Å². The smallest absolute Gasteiger partial charge is 0.181 e. The lowest BCUT2D eigenvalue weighted by atomic mass is 10.1. The van der Waals surface area contributed by atoms with Crippen LogP contribution in [0.25, 0.3) is 33.2 Å². The van der Waals surface area contributed by atoms with E-state index in [4.69, 9.17) is 16.6 Å². The number of halogens is 1. The Morgan fingerprint density at radius 1 is 0.952 bits per heavy atom. The minimum atomic E-state index is 0.464. The molecule has 5 heteroatoms. The topological polar surface area (TPSA) is 38.7 Å². The van der Waals surface area contributed by atoms with Crippen molar-refractivity contribution in [2.75, 3.05) is 0 Å². The van der Waals surface area contributed by atoms with Gasteiger partial charge in [0, 0.05) is 16.2 Å². The largest absolute Gasteiger partial charge is 0.238 e. The molecule has 0 unspecified atom stereocenters. The zero-order valence-electron chi connectivity index (χ0n) is 11.2. The molecule has 21 heavy (non-hydrogen) atoms. The average molecular weight is 312 g/mol. The summed E-state index contributed by atoms with van der Waals surface area (Å²) in [4.78, 5) is 13.5. The van der Waals surface area contributed by atoms with Gasteiger partial charge in [-0.2, -0.15) is 0 Å². The monoisotopic (exact) mass is 311 g/mol. The van der Waals surface area contributed by atoms with E-state index in [9.17, 15) is 0 Å². The highest BCUT2D eigenvalue weighted by atomic mass is 35.5. The van der Waals surface area contributed by atoms with Crippen molar-refractivity contribution in [1.29, 1.82) is 0 Å². The molecule has 3 nitrogen and oxygen atoms in total. The molecule has 0 atom stereocenters. The van der Waals surface area contributed by atoms with Crippen LogP contribution in [-0.2, 0) is 0 Å². The second kappa shape index (κ2) is 4.76. The van der Waals surface area contributed by atoms with Crippen LogP contribution < -0.4 is 0 Å². The molecule has 0 saturated heterocycles. The van der Waals surface area contributed by atoms with Crippen LogP contribution >= 0.6 is 22.9 Å². The number of hydrogen-bond acceptors (Lipinski definition) is 4. The highest BCUT2D eigenvalue weighted by Crippen LogP contribution is 2.30. The number of benzene rings is 2. The van der Waals surface area contributed by atoms with Crippen LogP contribution in [-0.4, -0.2) is 15.0 Å². The van der Waals surface area contributed by atoms with Crippen LogP contribution in [0, 0.1) is 6.92 Å². The SMILES string of the molecule is Cc1nc(-c2nc(Cl)c3ccc4ccccc4c3n2)cs1. The molecule has 0 aliphatic carbocycles. The van der Waals surface area contributed by atoms with Crippen LogP contribution in [0.2, 0.25) is 5.15 Å². The Hall–Kier alpha value is -2.04. The van der Waals surface area contributed by atoms with Crippen LogP contribution in [0.3, 0.4) is 0 Å². The lowest BCUT2D eigenvalue weighted by molar-refractivity contribution is 1.18. The lowest BCUT2D eigenvalue weighted by Gasteiger charge is -2.06. The third-order valence-electron chi connectivity index (χ3n) is 3.39. The molecular weight excluding hydrogens is 302 g/mol. The van der Waals surface area contributed by atoms with Gasteiger partial charge in [0.2, 0.25) is 0 Å². The highest BCUT2D eigenvalue weighted by molar-refractivity contribution is 7.09. The Kier molecular flexibility index (Phi) is 2.87. The summed E-state index contributed by atoms with van der Waals surface area (Å²) < 4.78 is 0. The first-order valence-electron chi connectivity index (χ1n) is 6.50. The highest BCUT2D eigenvalue weighted by Gasteiger charge is 2.12. The summed E-state index contributed by atoms with van der Waals surface area (Å²) in [6.07, 6.45) is 0. The van der Waals surface area contributed by atoms with Gasteiger partial charge >= 0.3 is 0 Å². The fourth-order valence-electron chi connectivity index (χ4n) is 2.41. The second-order valence-corrected chi connectivity index (χ2v) is 6.19. The summed E-state index contributed by atoms with van der Waals surface area (Å²) >= 11 is 7.92. The summed E-state index contributed by atoms with van der Waals surface area (Å²) in [6.45, 7) is 1.96. The first-order valence-corrected chi connectivity index (χ1v) is 7.75. The molecule has 0 aliphatic heterocycles. The Bertz CT molecular complexity index is 978. The van der Waals surface area contributed by atoms with Crippen molar-refractivity contribution in [3.63, 3.8) is 0 Å². The predicted molar refractivity (Wildman–Crippen MR) is 87.9 cm³/mol. The minimum absolute atomic E-state index is 0.464. The molecule has 0 aliphatic rings. The first-order chi connectivity index (χ1) is 10.2. The van der Waals surface area contributed by atoms with Crippen molar-refractivity contribution >= 4 is 44.6 Å². The van der Waals surface area contributed by atoms with E-state index in [2.05, 4.69) is 22.1 Å². The molecule has 0 N–H and O–H groups in total. The van der Waals surface area contributed by atoms with Crippen LogP contribution in [0.1, 0.15) is 5.01 Å². The quantitative estimate of drug-likeness (QED) is 0.372. The number of thiazole rings is 1. The van der Waals surface area contributed by atoms with E-state index in [1.807, 2.05) is 36.6 Å². The van der Waals surface area contributed by atoms with Gasteiger partial charge in [0.15, 0.2) is 5.82 Å². The van der Waals surface area contributed by atoms with Gasteiger partial charge in [0.05, 0.1) is 10.5 Å². The van der Waals surface area contributed by atoms with Gasteiger partial charge in [-0.1, -0.05) is 41.9 Å². The summed E-state index contributed by atoms with van der Waals surface area (Å²) in [6, 6.07) is 12.1. The molecule has 2 aromatic carbocycles. The molecule has 0 spiro atoms. The van der Waals surface area contributed by atoms with Gasteiger partial charge in [-0.05, 0) is 18.4 Å². The number of fused-ring (bicyclic) bond motifs is 3. The van der Waals surface area contributed by atoms with Crippen molar-refractivity contribution in [2.45, 2.75) is 6.92 Å². The van der Waals surface area contributed by atoms with Gasteiger partial charge in [0.1, 0.15) is 10.8 Å². The molecule has 0 bridgehead atoms. The van der Waals surface area contributed by atoms with Gasteiger partial charge in [-0.15, -0.1) is 11.3 Å². The molecule has 0 radical (unpaired) electrons. The number of nitrogens with zero attached hydrogens (tertiary/aromatic N) is 3. The fraction of sp³-hybridized carbons (Fsp3) is 0.0625. The van der Waals surface area contributed by atoms with E-state index in [0.29, 0.717) is 11.0 Å². The van der Waals surface area contributed by atoms with Crippen molar-refractivity contribution < 1.29 is 0 Å². The zero-order chi connectivity index (χ0) is 14.4. The van der Waals surface area contributed by atoms with Gasteiger partial charge in [0.25, 0.3) is 0 Å². The molecular formula is C16H10ClN3S. The number of rotatable bonds is 1. The molecule has 102 valence electrons. The van der Waals surface area contributed by atoms with Gasteiger partial charge < -0.3 is 0 Å². The zero-order valence-corrected chi connectivity index (χ0v) is 12.7. The van der Waals surface area contributed by atoms with Crippen molar-refractivity contribution in [2.24, 2.45) is 0 Å². The van der Waals surface area contributed by atoms with E-state index in [1.54, 1.807) is 11.3 Å². The van der Waals surface area contributed by atoms with Gasteiger partial charge in [-0.25, -0.2) is 15.0 Å². The summed E-state index contributed by atoms with van der Waals surface area (Å²) in [5.41, 5.74) is 1.64. The summed E-state index contributed by atoms with van der Waals surface area (Å²) in [5, 5.41) is 6.49. The molecule has 2 heterocycles. The van der Waals surface area contributed by atoms with Crippen molar-refractivity contribution in [3.8, 4) is 11.5 Å². The Morgan fingerprint density at radius 2 is 1.81 bits per heavy atom. The molecule has 0 fully saturated rings. The van der Waals surface area contributed by atoms with Crippen LogP contribution in [0.5, 0.6) is 0 Å². The maximum atomic E-state index is 6.34. The Morgan fingerprint density at radius 3 is 2.62 bits per heavy atom. The number of hydrogen-bond donors (Lipinski definition) is 0. The number of aromatic nitrogens is 3. The van der Waals surface area contributed by atoms with E-state index < -0.39 is 0 Å². The number of aryl methyl sites for hydroxylation is 1. The van der Waals surface area contributed by atoms with Crippen LogP contribution in [0.4, 0.5) is 0 Å². The van der Waals surface area contributed by atoms with E-state index >= 15 is 0 Å². The molecule has 2 aromatic heterocycles. The Labute approximate surface area is 130 Å². The third kappa shape index (κ3) is 2.07. The molecule has 4 rings (SSSR count).